The summed E-state index contributed by atoms with van der Waals surface area (Å²) in [6.07, 6.45) is -2.32. The van der Waals surface area contributed by atoms with E-state index >= 15 is 0 Å². The predicted octanol–water partition coefficient (Wildman–Crippen LogP) is 3.62. The van der Waals surface area contributed by atoms with Crippen molar-refractivity contribution in [2.45, 2.75) is 91.0 Å². The van der Waals surface area contributed by atoms with Gasteiger partial charge < -0.3 is 32.4 Å². The molecule has 16 heteroatoms. The predicted molar refractivity (Wildman–Crippen MR) is 155 cm³/mol. The fraction of sp³-hybridized carbons (Fsp3) is 0.800. The Morgan fingerprint density at radius 3 is 2.24 bits per heavy atom. The molecule has 2 rings (SSSR count). The summed E-state index contributed by atoms with van der Waals surface area (Å²) in [5.41, 5.74) is -1.24. The molecule has 1 N–H and O–H groups in total. The van der Waals surface area contributed by atoms with E-state index in [1.165, 1.54) is 23.9 Å². The van der Waals surface area contributed by atoms with Gasteiger partial charge >= 0.3 is 13.3 Å². The summed E-state index contributed by atoms with van der Waals surface area (Å²) < 4.78 is 53.4. The second-order valence-corrected chi connectivity index (χ2v) is 13.6. The van der Waals surface area contributed by atoms with Crippen molar-refractivity contribution in [1.29, 1.82) is 0 Å². The molecule has 1 fully saturated rings. The summed E-state index contributed by atoms with van der Waals surface area (Å²) in [5.74, 6) is -0.775. The molecule has 1 aliphatic heterocycles. The zero-order valence-corrected chi connectivity index (χ0v) is 27.2. The van der Waals surface area contributed by atoms with Gasteiger partial charge in [-0.3, -0.25) is 23.8 Å². The number of aromatic amines is 1. The molecule has 0 aromatic carbocycles. The summed E-state index contributed by atoms with van der Waals surface area (Å²) in [6, 6.07) is 1.27. The van der Waals surface area contributed by atoms with Crippen LogP contribution in [0.2, 0.25) is 0 Å². The monoisotopic (exact) mass is 621 g/mol. The van der Waals surface area contributed by atoms with Crippen LogP contribution in [0, 0.1) is 6.57 Å². The van der Waals surface area contributed by atoms with Gasteiger partial charge in [0.2, 0.25) is 6.54 Å². The molecule has 6 atom stereocenters. The van der Waals surface area contributed by atoms with Crippen molar-refractivity contribution in [2.24, 2.45) is 0 Å². The number of hydrogen-bond acceptors (Lipinski definition) is 11. The first-order chi connectivity index (χ1) is 19.4. The number of ether oxygens (including phenoxy) is 2. The van der Waals surface area contributed by atoms with Crippen LogP contribution in [-0.4, -0.2) is 95.9 Å². The van der Waals surface area contributed by atoms with Gasteiger partial charge in [0.15, 0.2) is 6.23 Å². The van der Waals surface area contributed by atoms with E-state index < -0.39 is 57.8 Å². The third-order valence-electron chi connectivity index (χ3n) is 6.49. The second kappa shape index (κ2) is 16.4. The van der Waals surface area contributed by atoms with Crippen LogP contribution in [0.1, 0.15) is 54.7 Å². The fourth-order valence-electron chi connectivity index (χ4n) is 4.61. The van der Waals surface area contributed by atoms with Crippen molar-refractivity contribution < 1.29 is 32.1 Å². The topological polar surface area (TPSA) is 138 Å². The van der Waals surface area contributed by atoms with Gasteiger partial charge in [0.1, 0.15) is 30.8 Å². The number of likely N-dealkylation sites (N-methyl/N-ethyl adjacent to an activating group) is 1. The summed E-state index contributed by atoms with van der Waals surface area (Å²) >= 11 is 0. The van der Waals surface area contributed by atoms with Gasteiger partial charge in [0.25, 0.3) is 14.1 Å². The van der Waals surface area contributed by atoms with E-state index in [0.717, 1.165) is 0 Å². The summed E-state index contributed by atoms with van der Waals surface area (Å²) in [7, 11) is -2.20. The van der Waals surface area contributed by atoms with Crippen molar-refractivity contribution in [1.82, 2.24) is 19.1 Å². The zero-order chi connectivity index (χ0) is 30.9. The molecule has 1 saturated heterocycles. The number of H-pyrrole nitrogens is 1. The maximum Gasteiger partial charge on any atom is 0.347 e. The highest BCUT2D eigenvalue weighted by Crippen LogP contribution is 2.56. The van der Waals surface area contributed by atoms with Gasteiger partial charge in [0.05, 0.1) is 13.2 Å². The molecule has 14 nitrogen and oxygen atoms in total. The molecule has 0 aliphatic carbocycles. The number of methoxy groups -OCH3 is 1. The van der Waals surface area contributed by atoms with Crippen molar-refractivity contribution >= 4 is 16.1 Å². The third kappa shape index (κ3) is 8.77. The quantitative estimate of drug-likeness (QED) is 0.155. The number of nitrogens with zero attached hydrogens (tertiary/aromatic N) is 4. The van der Waals surface area contributed by atoms with E-state index in [4.69, 9.17) is 34.1 Å². The Balaban J connectivity index is 2.62. The smallest absolute Gasteiger partial charge is 0.347 e. The number of rotatable bonds is 17. The standard InChI is InChI=1S/C25H45N5O9P2/c1-11-36-41(33,37-12-2)19(7)28(9)23-22(39-40(35-16-14-26-8)30(17(3)4)18(5)6)21(34-10)24(38-23)29-15-13-20(31)27-25(29)32/h13,15,17-19,21-24H,11-12,14,16H2,1-7,9-10H3,(H,27,31,32)/t19?,21?,22?,23-,24+,40?/m0/s1. The number of nitrogens with one attached hydrogen (secondary N) is 1. The molecule has 41 heavy (non-hydrogen) atoms. The van der Waals surface area contributed by atoms with Crippen LogP contribution in [0.15, 0.2) is 21.9 Å². The van der Waals surface area contributed by atoms with Crippen molar-refractivity contribution in [2.75, 3.05) is 40.5 Å². The minimum absolute atomic E-state index is 0.0289. The third-order valence-corrected chi connectivity index (χ3v) is 11.1. The lowest BCUT2D eigenvalue weighted by Crippen LogP contribution is -2.48. The van der Waals surface area contributed by atoms with Gasteiger partial charge in [0, 0.05) is 31.5 Å². The van der Waals surface area contributed by atoms with Crippen molar-refractivity contribution in [3.8, 4) is 0 Å². The van der Waals surface area contributed by atoms with E-state index in [1.54, 1.807) is 32.7 Å². The van der Waals surface area contributed by atoms with Crippen LogP contribution in [0.3, 0.4) is 0 Å². The maximum atomic E-state index is 13.7. The molecule has 0 bridgehead atoms. The number of aromatic nitrogens is 2. The van der Waals surface area contributed by atoms with Gasteiger partial charge in [-0.25, -0.2) is 16.0 Å². The van der Waals surface area contributed by atoms with Crippen LogP contribution in [0.4, 0.5) is 0 Å². The fourth-order valence-corrected chi connectivity index (χ4v) is 8.14. The normalized spacial score (nSPS) is 23.0. The lowest BCUT2D eigenvalue weighted by molar-refractivity contribution is -0.104. The maximum absolute atomic E-state index is 13.7. The highest BCUT2D eigenvalue weighted by molar-refractivity contribution is 7.54. The molecule has 0 amide bonds. The van der Waals surface area contributed by atoms with E-state index in [9.17, 15) is 14.2 Å². The summed E-state index contributed by atoms with van der Waals surface area (Å²) in [5, 5.41) is 0. The molecule has 0 spiro atoms. The molecule has 2 heterocycles. The Morgan fingerprint density at radius 1 is 1.15 bits per heavy atom. The van der Waals surface area contributed by atoms with Crippen LogP contribution in [-0.2, 0) is 32.1 Å². The molecule has 1 aliphatic rings. The van der Waals surface area contributed by atoms with Crippen LogP contribution in [0.5, 0.6) is 0 Å². The Hall–Kier alpha value is -1.49. The Kier molecular flexibility index (Phi) is 14.3. The van der Waals surface area contributed by atoms with Crippen LogP contribution >= 0.6 is 16.1 Å². The van der Waals surface area contributed by atoms with Crippen molar-refractivity contribution in [3.63, 3.8) is 0 Å². The van der Waals surface area contributed by atoms with Crippen molar-refractivity contribution in [3.05, 3.63) is 44.5 Å². The molecular formula is C25H45N5O9P2. The second-order valence-electron chi connectivity index (χ2n) is 9.90. The minimum Gasteiger partial charge on any atom is -0.374 e. The molecule has 1 aromatic rings. The summed E-state index contributed by atoms with van der Waals surface area (Å²) in [6.45, 7) is 21.1. The van der Waals surface area contributed by atoms with E-state index in [0.29, 0.717) is 0 Å². The molecule has 4 unspecified atom stereocenters. The molecule has 1 aromatic heterocycles. The molecule has 0 saturated carbocycles. The van der Waals surface area contributed by atoms with Gasteiger partial charge in [-0.05, 0) is 55.5 Å². The average molecular weight is 622 g/mol. The average Bonchev–Trinajstić information content (AvgIpc) is 3.25. The Morgan fingerprint density at radius 2 is 1.76 bits per heavy atom. The van der Waals surface area contributed by atoms with Gasteiger partial charge in [-0.15, -0.1) is 0 Å². The van der Waals surface area contributed by atoms with Crippen LogP contribution < -0.4 is 11.2 Å². The lowest BCUT2D eigenvalue weighted by Gasteiger charge is -2.40. The minimum atomic E-state index is -3.62. The first-order valence-corrected chi connectivity index (χ1v) is 16.4. The SMILES string of the molecule is [C-]#[N+]CCOP(OC1C(OC)[C@H](n2ccc(=O)[nH]c2=O)O[C@@H]1N(C)C(C)P(=O)(OCC)OCC)N(C(C)C)C(C)C. The van der Waals surface area contributed by atoms with E-state index in [1.807, 2.05) is 27.7 Å². The highest BCUT2D eigenvalue weighted by Gasteiger charge is 2.53. The Labute approximate surface area is 243 Å². The Bertz CT molecular complexity index is 1140. The first-order valence-electron chi connectivity index (χ1n) is 13.7. The summed E-state index contributed by atoms with van der Waals surface area (Å²) in [4.78, 5) is 31.9. The van der Waals surface area contributed by atoms with E-state index in [-0.39, 0.29) is 38.4 Å². The lowest BCUT2D eigenvalue weighted by atomic mass is 10.2. The number of hydrogen-bond donors (Lipinski definition) is 1. The molecule has 0 radical (unpaired) electrons. The van der Waals surface area contributed by atoms with E-state index in [2.05, 4.69) is 14.5 Å². The highest BCUT2D eigenvalue weighted by atomic mass is 31.2. The molecule has 234 valence electrons. The first kappa shape index (κ1) is 35.7. The van der Waals surface area contributed by atoms with Gasteiger partial charge in [-0.2, -0.15) is 0 Å². The van der Waals surface area contributed by atoms with Crippen LogP contribution in [0.25, 0.3) is 4.85 Å². The zero-order valence-electron chi connectivity index (χ0n) is 25.4. The largest absolute Gasteiger partial charge is 0.374 e. The van der Waals surface area contributed by atoms with Gasteiger partial charge in [-0.1, -0.05) is 0 Å². The molecular weight excluding hydrogens is 576 g/mol.